The van der Waals surface area contributed by atoms with E-state index in [2.05, 4.69) is 156 Å². The second kappa shape index (κ2) is 10.4. The highest BCUT2D eigenvalue weighted by Crippen LogP contribution is 2.44. The van der Waals surface area contributed by atoms with Crippen molar-refractivity contribution >= 4 is 0 Å². The third-order valence-electron chi connectivity index (χ3n) is 8.31. The fourth-order valence-electron chi connectivity index (χ4n) is 6.13. The van der Waals surface area contributed by atoms with Crippen molar-refractivity contribution in [2.24, 2.45) is 0 Å². The van der Waals surface area contributed by atoms with E-state index in [4.69, 9.17) is 0 Å². The first-order chi connectivity index (χ1) is 17.1. The van der Waals surface area contributed by atoms with Crippen molar-refractivity contribution in [2.75, 3.05) is 0 Å². The first-order valence-corrected chi connectivity index (χ1v) is 15.4. The SMILES string of the molecule is CC(Cc1cc(C(C)(C)C)cc(C(C)(C)C)c1C(C)(C)C)c1cc(C(C)(C)C)c(C(C)(C)C)cc1C(C)(C)C. The molecule has 2 rings (SSSR count). The minimum absolute atomic E-state index is 0.0770. The van der Waals surface area contributed by atoms with Crippen LogP contribution in [0.15, 0.2) is 24.3 Å². The van der Waals surface area contributed by atoms with Crippen LogP contribution in [0.2, 0.25) is 0 Å². The molecule has 0 aliphatic heterocycles. The van der Waals surface area contributed by atoms with Gasteiger partial charge in [-0.1, -0.05) is 156 Å². The van der Waals surface area contributed by atoms with Gasteiger partial charge in [0.05, 0.1) is 0 Å². The molecule has 0 fully saturated rings. The van der Waals surface area contributed by atoms with Crippen LogP contribution in [0.1, 0.15) is 182 Å². The molecule has 1 atom stereocenters. The fraction of sp³-hybridized carbons (Fsp3) is 0.692. The first kappa shape index (κ1) is 33.6. The minimum atomic E-state index is 0.0770. The molecule has 0 aromatic heterocycles. The molecule has 0 nitrogen and oxygen atoms in total. The maximum Gasteiger partial charge on any atom is -0.0126 e. The summed E-state index contributed by atoms with van der Waals surface area (Å²) in [6.45, 7) is 45.3. The van der Waals surface area contributed by atoms with Gasteiger partial charge in [0.15, 0.2) is 0 Å². The van der Waals surface area contributed by atoms with E-state index in [1.165, 1.54) is 38.9 Å². The maximum absolute atomic E-state index is 2.60. The van der Waals surface area contributed by atoms with Gasteiger partial charge in [0, 0.05) is 0 Å². The summed E-state index contributed by atoms with van der Waals surface area (Å²) in [6.07, 6.45) is 1.06. The molecule has 0 heterocycles. The average Bonchev–Trinajstić information content (AvgIpc) is 2.68. The Bertz CT molecular complexity index is 1160. The molecule has 0 bridgehead atoms. The van der Waals surface area contributed by atoms with Gasteiger partial charge in [-0.05, 0) is 89.3 Å². The largest absolute Gasteiger partial charge is 0.0581 e. The monoisotopic (exact) mass is 533 g/mol. The Morgan fingerprint density at radius 1 is 0.436 bits per heavy atom. The van der Waals surface area contributed by atoms with Crippen LogP contribution in [0, 0.1) is 0 Å². The average molecular weight is 533 g/mol. The zero-order valence-corrected chi connectivity index (χ0v) is 29.6. The third kappa shape index (κ3) is 7.80. The van der Waals surface area contributed by atoms with Gasteiger partial charge in [0.2, 0.25) is 0 Å². The van der Waals surface area contributed by atoms with Gasteiger partial charge in [-0.3, -0.25) is 0 Å². The quantitative estimate of drug-likeness (QED) is 0.369. The Labute approximate surface area is 244 Å². The predicted octanol–water partition coefficient (Wildman–Crippen LogP) is 11.8. The number of benzene rings is 2. The Kier molecular flexibility index (Phi) is 8.94. The second-order valence-electron chi connectivity index (χ2n) is 18.6. The van der Waals surface area contributed by atoms with Gasteiger partial charge in [-0.15, -0.1) is 0 Å². The summed E-state index contributed by atoms with van der Waals surface area (Å²) in [5.41, 5.74) is 12.6. The number of rotatable bonds is 3. The van der Waals surface area contributed by atoms with Crippen LogP contribution in [-0.2, 0) is 38.9 Å². The molecule has 0 saturated carbocycles. The molecule has 39 heavy (non-hydrogen) atoms. The van der Waals surface area contributed by atoms with E-state index < -0.39 is 0 Å². The molecule has 0 N–H and O–H groups in total. The van der Waals surface area contributed by atoms with Crippen molar-refractivity contribution in [2.45, 2.75) is 176 Å². The van der Waals surface area contributed by atoms with Gasteiger partial charge < -0.3 is 0 Å². The highest BCUT2D eigenvalue weighted by molar-refractivity contribution is 5.51. The van der Waals surface area contributed by atoms with Gasteiger partial charge in [0.25, 0.3) is 0 Å². The van der Waals surface area contributed by atoms with Crippen molar-refractivity contribution in [1.29, 1.82) is 0 Å². The zero-order valence-electron chi connectivity index (χ0n) is 29.6. The van der Waals surface area contributed by atoms with Crippen molar-refractivity contribution < 1.29 is 0 Å². The molecule has 220 valence electrons. The molecule has 0 saturated heterocycles. The summed E-state index contributed by atoms with van der Waals surface area (Å²) in [5, 5.41) is 0. The van der Waals surface area contributed by atoms with E-state index >= 15 is 0 Å². The smallest absolute Gasteiger partial charge is 0.0126 e. The molecule has 0 aliphatic carbocycles. The van der Waals surface area contributed by atoms with Crippen molar-refractivity contribution in [3.8, 4) is 0 Å². The summed E-state index contributed by atoms with van der Waals surface area (Å²) < 4.78 is 0. The number of hydrogen-bond donors (Lipinski definition) is 0. The molecule has 0 amide bonds. The second-order valence-corrected chi connectivity index (χ2v) is 18.6. The molecule has 0 heteroatoms. The summed E-state index contributed by atoms with van der Waals surface area (Å²) in [6, 6.07) is 10.2. The van der Waals surface area contributed by atoms with Gasteiger partial charge >= 0.3 is 0 Å². The van der Waals surface area contributed by atoms with Crippen LogP contribution >= 0.6 is 0 Å². The van der Waals surface area contributed by atoms with E-state index in [1.54, 1.807) is 5.56 Å². The van der Waals surface area contributed by atoms with Crippen molar-refractivity contribution in [3.05, 3.63) is 68.8 Å². The van der Waals surface area contributed by atoms with Crippen LogP contribution in [0.25, 0.3) is 0 Å². The summed E-state index contributed by atoms with van der Waals surface area (Å²) in [4.78, 5) is 0. The van der Waals surface area contributed by atoms with Crippen LogP contribution in [0.4, 0.5) is 0 Å². The normalized spacial score (nSPS) is 15.1. The third-order valence-corrected chi connectivity index (χ3v) is 8.31. The lowest BCUT2D eigenvalue weighted by Crippen LogP contribution is -2.27. The van der Waals surface area contributed by atoms with Crippen LogP contribution in [0.3, 0.4) is 0 Å². The lowest BCUT2D eigenvalue weighted by Gasteiger charge is -2.37. The predicted molar refractivity (Wildman–Crippen MR) is 177 cm³/mol. The maximum atomic E-state index is 2.60. The van der Waals surface area contributed by atoms with Crippen LogP contribution in [-0.4, -0.2) is 0 Å². The lowest BCUT2D eigenvalue weighted by molar-refractivity contribution is 0.509. The van der Waals surface area contributed by atoms with E-state index in [0.29, 0.717) is 5.92 Å². The molecular weight excluding hydrogens is 468 g/mol. The zero-order chi connectivity index (χ0) is 30.7. The van der Waals surface area contributed by atoms with E-state index in [9.17, 15) is 0 Å². The molecular formula is C39H64. The Hall–Kier alpha value is -1.56. The van der Waals surface area contributed by atoms with E-state index in [-0.39, 0.29) is 32.5 Å². The molecule has 1 unspecified atom stereocenters. The lowest BCUT2D eigenvalue weighted by atomic mass is 9.67. The highest BCUT2D eigenvalue weighted by atomic mass is 14.4. The highest BCUT2D eigenvalue weighted by Gasteiger charge is 2.33. The van der Waals surface area contributed by atoms with Crippen molar-refractivity contribution in [1.82, 2.24) is 0 Å². The van der Waals surface area contributed by atoms with E-state index in [1.807, 2.05) is 0 Å². The number of hydrogen-bond acceptors (Lipinski definition) is 0. The topological polar surface area (TPSA) is 0 Å². The van der Waals surface area contributed by atoms with Crippen molar-refractivity contribution in [3.63, 3.8) is 0 Å². The molecule has 0 aliphatic rings. The summed E-state index contributed by atoms with van der Waals surface area (Å²) in [5.74, 6) is 0.415. The summed E-state index contributed by atoms with van der Waals surface area (Å²) in [7, 11) is 0. The Morgan fingerprint density at radius 2 is 0.846 bits per heavy atom. The Balaban J connectivity index is 2.94. The molecule has 0 spiro atoms. The van der Waals surface area contributed by atoms with Gasteiger partial charge in [0.1, 0.15) is 0 Å². The van der Waals surface area contributed by atoms with Crippen LogP contribution < -0.4 is 0 Å². The van der Waals surface area contributed by atoms with Gasteiger partial charge in [-0.2, -0.15) is 0 Å². The first-order valence-electron chi connectivity index (χ1n) is 15.4. The molecule has 2 aromatic carbocycles. The van der Waals surface area contributed by atoms with E-state index in [0.717, 1.165) is 6.42 Å². The minimum Gasteiger partial charge on any atom is -0.0581 e. The fourth-order valence-corrected chi connectivity index (χ4v) is 6.13. The summed E-state index contributed by atoms with van der Waals surface area (Å²) >= 11 is 0. The molecule has 2 aromatic rings. The molecule has 0 radical (unpaired) electrons. The Morgan fingerprint density at radius 3 is 1.21 bits per heavy atom. The standard InChI is InChI=1S/C39H64/c1-25(28-23-30(36(8,9)10)31(37(11,12)13)24-29(28)35(5,6)7)20-26-21-27(34(2,3)4)22-32(38(14,15)16)33(26)39(17,18)19/h21-25H,20H2,1-19H3. The van der Waals surface area contributed by atoms with Crippen LogP contribution in [0.5, 0.6) is 0 Å². The van der Waals surface area contributed by atoms with Gasteiger partial charge in [-0.25, -0.2) is 0 Å².